The third kappa shape index (κ3) is 265. The van der Waals surface area contributed by atoms with E-state index in [9.17, 15) is 14.4 Å². The van der Waals surface area contributed by atoms with Crippen molar-refractivity contribution >= 4 is 66.8 Å². The molecule has 6 aliphatic rings. The normalized spacial score (nSPS) is 11.2. The maximum absolute atomic E-state index is 9.78. The summed E-state index contributed by atoms with van der Waals surface area (Å²) in [5.74, 6) is 0. The van der Waals surface area contributed by atoms with Gasteiger partial charge in [-0.1, -0.05) is 76.7 Å². The SMILES string of the molecule is CNP.CNP.C[NH-].C[NH-].C[NH-].C[NH-].C[NH-].C[NH-].C[NH-].O=[C-]N1[CH-]CCC1.O=[C-]N1[CH-]CCC1.O=[C-]N1[CH-]CCC1.O=[C-]O.O=[C-]O.O=[C-]O.[CH-]1CCCN1.[CH-]1CCCN1.[CH-]1CCCN1.[CH3-].[CH3-].[NH-]P.[V+2].[V+2].[V+2].[V+2].[V+2].[V+2].[W+2].[W+2].[W+2].[W+2].[W].[W]. The van der Waals surface area contributed by atoms with Crippen molar-refractivity contribution in [1.82, 2.24) is 40.8 Å². The van der Waals surface area contributed by atoms with E-state index in [4.69, 9.17) is 75.3 Å². The Bertz CT molecular complexity index is 664. The first-order valence-electron chi connectivity index (χ1n) is 20.0. The van der Waals surface area contributed by atoms with Crippen molar-refractivity contribution in [3.63, 3.8) is 0 Å². The summed E-state index contributed by atoms with van der Waals surface area (Å²) in [6, 6.07) is 0. The fourth-order valence-corrected chi connectivity index (χ4v) is 3.58. The summed E-state index contributed by atoms with van der Waals surface area (Å²) in [6.07, 6.45) is 19.6. The number of carbonyl (C=O) groups excluding carboxylic acids is 3. The molecule has 81 heavy (non-hydrogen) atoms. The second-order valence-corrected chi connectivity index (χ2v) is 10.7. The quantitative estimate of drug-likeness (QED) is 0.0990. The van der Waals surface area contributed by atoms with E-state index >= 15 is 0 Å². The van der Waals surface area contributed by atoms with Crippen molar-refractivity contribution in [1.29, 1.82) is 0 Å². The predicted molar refractivity (Wildman–Crippen MR) is 303 cm³/mol. The molecule has 0 aromatic carbocycles. The second-order valence-electron chi connectivity index (χ2n) is 9.58. The molecule has 6 saturated heterocycles. The first-order chi connectivity index (χ1) is 32.9. The first-order valence-corrected chi connectivity index (χ1v) is 21.8. The number of aliphatic hydroxyl groups excluding tert-OH is 3. The number of hydrogen-bond donors (Lipinski definition) is 8. The molecule has 0 saturated carbocycles. The van der Waals surface area contributed by atoms with Gasteiger partial charge in [-0.2, -0.15) is 107 Å². The molecule has 6 fully saturated rings. The van der Waals surface area contributed by atoms with Crippen molar-refractivity contribution in [2.24, 2.45) is 0 Å². The van der Waals surface area contributed by atoms with E-state index in [1.807, 2.05) is 33.7 Å². The van der Waals surface area contributed by atoms with Crippen LogP contribution in [0.1, 0.15) is 77.0 Å². The number of likely N-dealkylation sites (tertiary alicyclic amines) is 3. The summed E-state index contributed by atoms with van der Waals surface area (Å²) >= 11 is 0. The Morgan fingerprint density at radius 2 is 0.531 bits per heavy atom. The standard InChI is InChI=1S/3C5H7NO.3C4H8N.2CH6NP.7CH4N.3CHO2.2CH3.H3NP.6V.6W/c3*7-5-6-3-1-2-4-6;3*1-2-4-5-3-1;2*1-2-3;7*1-2;3*2-1-3;;;1-2;;;;;;;;;;;;/h3*3H,1-2,4H2;3*3,5H,1-2,4H2;2*2H,3H2,1H3;7*2H,1H3;3*(H,2,3);2*1H3;1H,2H2;;;;;;;;;;;;/q3*-2;3*-1;;;13*-1;6*+2;;;4*+2. The van der Waals surface area contributed by atoms with Crippen LogP contribution in [0.4, 0.5) is 0 Å². The van der Waals surface area contributed by atoms with Gasteiger partial charge in [-0.15, -0.1) is 0 Å². The molecule has 6 aliphatic heterocycles. The molecular formula is C41H97N16O9P3V6W6-2. The van der Waals surface area contributed by atoms with Gasteiger partial charge < -0.3 is 145 Å². The Morgan fingerprint density at radius 1 is 0.395 bits per heavy atom. The van der Waals surface area contributed by atoms with Crippen molar-refractivity contribution in [3.8, 4) is 0 Å². The number of hydrogen-bond acceptors (Lipinski definition) is 11. The van der Waals surface area contributed by atoms with Gasteiger partial charge in [0.25, 0.3) is 0 Å². The Balaban J connectivity index is -0.0000000153. The molecule has 16 N–H and O–H groups in total. The van der Waals surface area contributed by atoms with Crippen molar-refractivity contribution in [3.05, 3.63) is 99.8 Å². The average molecular weight is 2460 g/mol. The monoisotopic (exact) mass is 2460 g/mol. The van der Waals surface area contributed by atoms with E-state index in [1.165, 1.54) is 107 Å². The second kappa shape index (κ2) is 250. The molecule has 25 nitrogen and oxygen atoms in total. The Morgan fingerprint density at radius 3 is 0.568 bits per heavy atom. The van der Waals surface area contributed by atoms with Gasteiger partial charge in [-0.3, -0.25) is 48.7 Å². The average Bonchev–Trinajstić information content (AvgIpc) is 4.27. The smallest absolute Gasteiger partial charge is 0.680 e. The number of nitrogens with zero attached hydrogens (tertiary/aromatic N) is 3. The molecule has 0 spiro atoms. The minimum atomic E-state index is 0. The molecule has 0 aliphatic carbocycles. The van der Waals surface area contributed by atoms with Gasteiger partial charge in [0.1, 0.15) is 0 Å². The first kappa shape index (κ1) is 179. The topological polar surface area (TPSA) is 423 Å². The summed E-state index contributed by atoms with van der Waals surface area (Å²) in [6.45, 7) is 19.6. The van der Waals surface area contributed by atoms with Gasteiger partial charge in [0.2, 0.25) is 0 Å². The third-order valence-corrected chi connectivity index (χ3v) is 5.65. The Hall–Kier alpha value is 5.23. The number of nitrogens with one attached hydrogen (secondary N) is 13. The third-order valence-electron chi connectivity index (χ3n) is 5.65. The van der Waals surface area contributed by atoms with Crippen LogP contribution in [0.3, 0.4) is 0 Å². The van der Waals surface area contributed by atoms with Gasteiger partial charge in [-0.25, -0.2) is 0 Å². The van der Waals surface area contributed by atoms with Gasteiger partial charge >= 0.3 is 196 Å². The fourth-order valence-electron chi connectivity index (χ4n) is 3.58. The zero-order valence-electron chi connectivity index (χ0n) is 48.7. The van der Waals surface area contributed by atoms with E-state index in [0.29, 0.717) is 19.4 Å². The molecule has 6 heterocycles. The van der Waals surface area contributed by atoms with Gasteiger partial charge in [0.05, 0.1) is 0 Å². The molecule has 6 rings (SSSR count). The maximum atomic E-state index is 9.78. The molecule has 40 heteroatoms. The van der Waals surface area contributed by atoms with E-state index in [-0.39, 0.29) is 253 Å². The molecule has 0 aromatic heterocycles. The summed E-state index contributed by atoms with van der Waals surface area (Å²) in [4.78, 5) is 58.7. The van der Waals surface area contributed by atoms with Gasteiger partial charge in [0, 0.05) is 42.1 Å². The van der Waals surface area contributed by atoms with E-state index < -0.39 is 0 Å². The molecule has 3 atom stereocenters. The minimum Gasteiger partial charge on any atom is -0.680 e. The van der Waals surface area contributed by atoms with Crippen LogP contribution in [-0.4, -0.2) is 171 Å². The molecule has 0 aromatic rings. The van der Waals surface area contributed by atoms with E-state index in [1.54, 1.807) is 43.3 Å². The van der Waals surface area contributed by atoms with Gasteiger partial charge in [-0.05, 0) is 53.4 Å². The largest absolute Gasteiger partial charge is 2.00 e. The Labute approximate surface area is 660 Å². The van der Waals surface area contributed by atoms with Crippen molar-refractivity contribution < 1.29 is 282 Å². The zero-order chi connectivity index (χ0) is 55.5. The fraction of sp³-hybridized carbons (Fsp3) is 0.659. The van der Waals surface area contributed by atoms with Crippen LogP contribution in [0.2, 0.25) is 0 Å². The number of rotatable bonds is 3. The van der Waals surface area contributed by atoms with Gasteiger partial charge in [0.15, 0.2) is 0 Å². The van der Waals surface area contributed by atoms with Crippen molar-refractivity contribution in [2.75, 3.05) is 103 Å². The molecule has 3 amide bonds. The van der Waals surface area contributed by atoms with Crippen LogP contribution in [0.15, 0.2) is 0 Å². The zero-order valence-corrected chi connectivity index (χ0v) is 78.1. The summed E-state index contributed by atoms with van der Waals surface area (Å²) in [5, 5.41) is 34.9. The van der Waals surface area contributed by atoms with E-state index in [0.717, 1.165) is 58.2 Å². The molecule has 0 bridgehead atoms. The van der Waals surface area contributed by atoms with Crippen LogP contribution in [0, 0.1) is 54.1 Å². The van der Waals surface area contributed by atoms with Crippen LogP contribution in [-0.2, 0) is 266 Å². The number of amides is 3. The Kier molecular flexibility index (Phi) is 550. The maximum Gasteiger partial charge on any atom is 2.00 e. The van der Waals surface area contributed by atoms with Crippen LogP contribution >= 0.6 is 28.2 Å². The van der Waals surface area contributed by atoms with E-state index in [2.05, 4.69) is 64.5 Å². The van der Waals surface area contributed by atoms with Crippen LogP contribution < -0.4 is 26.1 Å². The predicted octanol–water partition coefficient (Wildman–Crippen LogP) is 7.73. The van der Waals surface area contributed by atoms with Crippen molar-refractivity contribution in [2.45, 2.75) is 77.0 Å². The minimum absolute atomic E-state index is 0. The molecule has 6 radical (unpaired) electrons. The summed E-state index contributed by atoms with van der Waals surface area (Å²) in [5.41, 5.74) is 45.9. The summed E-state index contributed by atoms with van der Waals surface area (Å²) < 4.78 is 0. The van der Waals surface area contributed by atoms with Crippen LogP contribution in [0.5, 0.6) is 0 Å². The molecular weight excluding hydrogens is 2360 g/mol. The molecule has 478 valence electrons. The molecule has 3 unspecified atom stereocenters. The summed E-state index contributed by atoms with van der Waals surface area (Å²) in [7, 11) is 18.8. The van der Waals surface area contributed by atoms with Crippen LogP contribution in [0.25, 0.3) is 45.6 Å².